The fourth-order valence-electron chi connectivity index (χ4n) is 4.57. The number of nitrogens with zero attached hydrogens (tertiary/aromatic N) is 2. The number of ether oxygens (including phenoxy) is 1. The van der Waals surface area contributed by atoms with Gasteiger partial charge in [0.05, 0.1) is 0 Å². The summed E-state index contributed by atoms with van der Waals surface area (Å²) in [6, 6.07) is 1.15. The number of aromatic nitrogens is 1. The average molecular weight is 479 g/mol. The van der Waals surface area contributed by atoms with Gasteiger partial charge >= 0.3 is 0 Å². The van der Waals surface area contributed by atoms with Crippen molar-refractivity contribution in [2.45, 2.75) is 50.6 Å². The number of fused-ring (bicyclic) bond motifs is 1. The molecule has 2 saturated heterocycles. The lowest BCUT2D eigenvalue weighted by molar-refractivity contribution is 0.0938. The summed E-state index contributed by atoms with van der Waals surface area (Å²) in [5.74, 6) is -5.49. The third-order valence-corrected chi connectivity index (χ3v) is 6.93. The van der Waals surface area contributed by atoms with Crippen molar-refractivity contribution in [3.63, 3.8) is 0 Å². The molecule has 0 radical (unpaired) electrons. The second-order valence-electron chi connectivity index (χ2n) is 9.04. The van der Waals surface area contributed by atoms with Crippen molar-refractivity contribution in [1.29, 1.82) is 0 Å². The van der Waals surface area contributed by atoms with Gasteiger partial charge in [-0.15, -0.1) is 0 Å². The van der Waals surface area contributed by atoms with Gasteiger partial charge in [0, 0.05) is 43.0 Å². The first-order chi connectivity index (χ1) is 15.9. The largest absolute Gasteiger partial charge is 0.503 e. The van der Waals surface area contributed by atoms with Crippen LogP contribution in [0.4, 0.5) is 13.2 Å². The van der Waals surface area contributed by atoms with Gasteiger partial charge in [0.15, 0.2) is 17.8 Å². The van der Waals surface area contributed by atoms with Crippen LogP contribution in [0, 0.1) is 17.5 Å². The van der Waals surface area contributed by atoms with Gasteiger partial charge in [-0.05, 0) is 33.7 Å². The van der Waals surface area contributed by atoms with E-state index in [1.54, 1.807) is 0 Å². The Morgan fingerprint density at radius 1 is 1.32 bits per heavy atom. The number of halogens is 3. The number of aldehydes is 1. The van der Waals surface area contributed by atoms with Gasteiger partial charge in [-0.1, -0.05) is 0 Å². The summed E-state index contributed by atoms with van der Waals surface area (Å²) in [5.41, 5.74) is -4.43. The minimum atomic E-state index is -1.20. The maximum absolute atomic E-state index is 13.9. The third-order valence-electron chi connectivity index (χ3n) is 6.93. The van der Waals surface area contributed by atoms with Crippen molar-refractivity contribution in [1.82, 2.24) is 14.8 Å². The van der Waals surface area contributed by atoms with E-state index in [0.717, 1.165) is 12.6 Å². The van der Waals surface area contributed by atoms with Crippen LogP contribution in [0.3, 0.4) is 0 Å². The molecule has 3 atom stereocenters. The fourth-order valence-corrected chi connectivity index (χ4v) is 4.57. The van der Waals surface area contributed by atoms with Crippen LogP contribution in [0.25, 0.3) is 0 Å². The number of hydrogen-bond donors (Lipinski definition) is 2. The lowest BCUT2D eigenvalue weighted by atomic mass is 9.96. The van der Waals surface area contributed by atoms with E-state index in [1.165, 1.54) is 4.57 Å². The minimum absolute atomic E-state index is 0.209. The summed E-state index contributed by atoms with van der Waals surface area (Å²) in [6.07, 6.45) is 2.87. The highest BCUT2D eigenvalue weighted by molar-refractivity contribution is 5.95. The molecule has 2 N–H and O–H groups in total. The maximum atomic E-state index is 13.9. The standard InChI is InChI=1S/C23H24F3N3O5/c1-12-4-5-22(2)23(34-22,11-28(12)3)29-9-15(19(31)20(32)18(29)10-30)21(33)27-8-14-16(25)6-13(24)7-17(14)26/h6-7,9-10,12,32H,4-5,8,11H2,1-3H3,(H,27,33). The molecule has 1 aromatic carbocycles. The number of carbonyl (C=O) groups excluding carboxylic acids is 2. The number of epoxide rings is 1. The molecule has 3 unspecified atom stereocenters. The van der Waals surface area contributed by atoms with Crippen LogP contribution in [0.5, 0.6) is 5.75 Å². The van der Waals surface area contributed by atoms with Crippen molar-refractivity contribution in [3.05, 3.63) is 62.8 Å². The number of rotatable bonds is 5. The van der Waals surface area contributed by atoms with Crippen LogP contribution in [-0.2, 0) is 17.0 Å². The molecule has 0 saturated carbocycles. The van der Waals surface area contributed by atoms with Gasteiger partial charge in [0.25, 0.3) is 5.91 Å². The minimum Gasteiger partial charge on any atom is -0.503 e. The van der Waals surface area contributed by atoms with Crippen molar-refractivity contribution < 1.29 is 32.6 Å². The van der Waals surface area contributed by atoms with Gasteiger partial charge < -0.3 is 19.7 Å². The number of likely N-dealkylation sites (N-methyl/N-ethyl adjacent to an activating group) is 1. The lowest BCUT2D eigenvalue weighted by Crippen LogP contribution is -2.42. The Morgan fingerprint density at radius 2 is 1.97 bits per heavy atom. The molecule has 4 rings (SSSR count). The predicted molar refractivity (Wildman–Crippen MR) is 114 cm³/mol. The van der Waals surface area contributed by atoms with Crippen molar-refractivity contribution in [3.8, 4) is 5.75 Å². The monoisotopic (exact) mass is 479 g/mol. The zero-order valence-electron chi connectivity index (χ0n) is 18.8. The summed E-state index contributed by atoms with van der Waals surface area (Å²) in [7, 11) is 1.88. The number of hydrogen-bond acceptors (Lipinski definition) is 6. The fraction of sp³-hybridized carbons (Fsp3) is 0.435. The van der Waals surface area contributed by atoms with E-state index in [2.05, 4.69) is 5.32 Å². The molecule has 34 heavy (non-hydrogen) atoms. The molecule has 2 aliphatic rings. The summed E-state index contributed by atoms with van der Waals surface area (Å²) < 4.78 is 48.3. The van der Waals surface area contributed by atoms with Crippen molar-refractivity contribution in [2.75, 3.05) is 13.6 Å². The Bertz CT molecular complexity index is 1230. The van der Waals surface area contributed by atoms with Crippen molar-refractivity contribution in [2.24, 2.45) is 0 Å². The normalized spacial score (nSPS) is 26.5. The quantitative estimate of drug-likeness (QED) is 0.504. The Kier molecular flexibility index (Phi) is 5.81. The zero-order chi connectivity index (χ0) is 25.0. The Labute approximate surface area is 192 Å². The molecule has 2 aliphatic heterocycles. The van der Waals surface area contributed by atoms with Gasteiger partial charge in [0.1, 0.15) is 34.3 Å². The highest BCUT2D eigenvalue weighted by atomic mass is 19.1. The van der Waals surface area contributed by atoms with Gasteiger partial charge in [-0.3, -0.25) is 19.3 Å². The van der Waals surface area contributed by atoms with E-state index >= 15 is 0 Å². The van der Waals surface area contributed by atoms with E-state index in [0.29, 0.717) is 31.4 Å². The molecule has 2 fully saturated rings. The number of nitrogens with one attached hydrogen (secondary N) is 1. The molecule has 0 spiro atoms. The average Bonchev–Trinajstić information content (AvgIpc) is 3.38. The molecular weight excluding hydrogens is 455 g/mol. The highest BCUT2D eigenvalue weighted by Crippen LogP contribution is 2.57. The van der Waals surface area contributed by atoms with Crippen molar-refractivity contribution >= 4 is 12.2 Å². The maximum Gasteiger partial charge on any atom is 0.257 e. The Morgan fingerprint density at radius 3 is 2.59 bits per heavy atom. The molecule has 0 bridgehead atoms. The molecule has 2 aromatic rings. The first-order valence-corrected chi connectivity index (χ1v) is 10.7. The first kappa shape index (κ1) is 24.0. The van der Waals surface area contributed by atoms with E-state index in [-0.39, 0.29) is 11.7 Å². The third kappa shape index (κ3) is 3.68. The topological polar surface area (TPSA) is 104 Å². The molecule has 8 nitrogen and oxygen atoms in total. The highest BCUT2D eigenvalue weighted by Gasteiger charge is 2.70. The number of amides is 1. The second-order valence-corrected chi connectivity index (χ2v) is 9.04. The first-order valence-electron chi connectivity index (χ1n) is 10.7. The number of carbonyl (C=O) groups is 2. The number of aromatic hydroxyl groups is 1. The summed E-state index contributed by atoms with van der Waals surface area (Å²) in [5, 5.41) is 12.7. The van der Waals surface area contributed by atoms with Gasteiger partial charge in [0.2, 0.25) is 5.43 Å². The zero-order valence-corrected chi connectivity index (χ0v) is 18.8. The smallest absolute Gasteiger partial charge is 0.257 e. The van der Waals surface area contributed by atoms with Crippen LogP contribution < -0.4 is 10.7 Å². The molecule has 1 aromatic heterocycles. The molecule has 3 heterocycles. The van der Waals surface area contributed by atoms with Crippen LogP contribution >= 0.6 is 0 Å². The van der Waals surface area contributed by atoms with Crippen LogP contribution in [-0.4, -0.2) is 52.0 Å². The van der Waals surface area contributed by atoms with Crippen LogP contribution in [0.2, 0.25) is 0 Å². The van der Waals surface area contributed by atoms with E-state index in [9.17, 15) is 32.7 Å². The molecule has 1 amide bonds. The number of pyridine rings is 1. The molecule has 0 aliphatic carbocycles. The van der Waals surface area contributed by atoms with E-state index in [4.69, 9.17) is 4.74 Å². The lowest BCUT2D eigenvalue weighted by Gasteiger charge is -2.28. The number of likely N-dealkylation sites (tertiary alicyclic amines) is 1. The SMILES string of the molecule is CC1CCC2(C)OC2(n2cc(C(=O)NCc3c(F)cc(F)cc3F)c(=O)c(O)c2C=O)CN1C. The van der Waals surface area contributed by atoms with Crippen LogP contribution in [0.1, 0.15) is 53.1 Å². The molecule has 182 valence electrons. The predicted octanol–water partition coefficient (Wildman–Crippen LogP) is 2.27. The van der Waals surface area contributed by atoms with E-state index in [1.807, 2.05) is 25.8 Å². The molecule has 11 heteroatoms. The number of benzene rings is 1. The van der Waals surface area contributed by atoms with Crippen LogP contribution in [0.15, 0.2) is 23.1 Å². The van der Waals surface area contributed by atoms with Gasteiger partial charge in [-0.2, -0.15) is 0 Å². The summed E-state index contributed by atoms with van der Waals surface area (Å²) in [4.78, 5) is 39.3. The molecular formula is C23H24F3N3O5. The summed E-state index contributed by atoms with van der Waals surface area (Å²) in [6.45, 7) is 3.53. The van der Waals surface area contributed by atoms with E-state index < -0.39 is 63.5 Å². The van der Waals surface area contributed by atoms with Gasteiger partial charge in [-0.25, -0.2) is 13.2 Å². The Balaban J connectivity index is 1.72. The summed E-state index contributed by atoms with van der Waals surface area (Å²) >= 11 is 0. The Hall–Kier alpha value is -3.18. The second kappa shape index (κ2) is 8.24.